The average molecular weight is 338 g/mol. The number of nitrogens with one attached hydrogen (secondary N) is 2. The van der Waals surface area contributed by atoms with Gasteiger partial charge in [-0.05, 0) is 24.0 Å². The van der Waals surface area contributed by atoms with Crippen LogP contribution in [0.15, 0.2) is 23.1 Å². The summed E-state index contributed by atoms with van der Waals surface area (Å²) in [4.78, 5) is 23.6. The molecule has 0 unspecified atom stereocenters. The van der Waals surface area contributed by atoms with Gasteiger partial charge in [-0.25, -0.2) is 0 Å². The number of amides is 2. The van der Waals surface area contributed by atoms with Crippen molar-refractivity contribution in [2.24, 2.45) is 5.73 Å². The summed E-state index contributed by atoms with van der Waals surface area (Å²) in [6.45, 7) is 1.77. The summed E-state index contributed by atoms with van der Waals surface area (Å²) in [5.74, 6) is 0.195. The molecular formula is C12H17Cl2N3O2S. The van der Waals surface area contributed by atoms with Crippen molar-refractivity contribution in [3.63, 3.8) is 0 Å². The molecule has 0 spiro atoms. The van der Waals surface area contributed by atoms with E-state index in [1.807, 2.05) is 13.0 Å². The highest BCUT2D eigenvalue weighted by Gasteiger charge is 2.09. The minimum Gasteiger partial charge on any atom is -0.346 e. The fourth-order valence-corrected chi connectivity index (χ4v) is 2.24. The van der Waals surface area contributed by atoms with Gasteiger partial charge in [-0.3, -0.25) is 9.59 Å². The second-order valence-corrected chi connectivity index (χ2v) is 5.34. The molecule has 0 atom stereocenters. The summed E-state index contributed by atoms with van der Waals surface area (Å²) < 4.78 is 0. The summed E-state index contributed by atoms with van der Waals surface area (Å²) in [6, 6.07) is 5.30. The minimum atomic E-state index is -0.371. The van der Waals surface area contributed by atoms with Crippen molar-refractivity contribution >= 4 is 53.3 Å². The summed E-state index contributed by atoms with van der Waals surface area (Å²) in [5.41, 5.74) is 5.77. The highest BCUT2D eigenvalue weighted by Crippen LogP contribution is 2.29. The predicted octanol–water partition coefficient (Wildman–Crippen LogP) is 1.89. The monoisotopic (exact) mass is 337 g/mol. The molecule has 0 aromatic heterocycles. The fraction of sp³-hybridized carbons (Fsp3) is 0.333. The van der Waals surface area contributed by atoms with E-state index in [4.69, 9.17) is 17.3 Å². The average Bonchev–Trinajstić information content (AvgIpc) is 2.39. The second kappa shape index (κ2) is 9.88. The van der Waals surface area contributed by atoms with Crippen LogP contribution in [0.2, 0.25) is 5.02 Å². The van der Waals surface area contributed by atoms with Crippen molar-refractivity contribution in [3.8, 4) is 0 Å². The first-order chi connectivity index (χ1) is 9.06. The van der Waals surface area contributed by atoms with Crippen LogP contribution in [0, 0.1) is 0 Å². The second-order valence-electron chi connectivity index (χ2n) is 3.60. The lowest BCUT2D eigenvalue weighted by molar-refractivity contribution is -0.123. The largest absolute Gasteiger partial charge is 0.346 e. The highest BCUT2D eigenvalue weighted by molar-refractivity contribution is 7.99. The number of halogens is 2. The zero-order valence-electron chi connectivity index (χ0n) is 10.9. The van der Waals surface area contributed by atoms with Gasteiger partial charge in [0.15, 0.2) is 0 Å². The highest BCUT2D eigenvalue weighted by atomic mass is 35.5. The lowest BCUT2D eigenvalue weighted by atomic mass is 10.3. The van der Waals surface area contributed by atoms with E-state index in [9.17, 15) is 9.59 Å². The Morgan fingerprint density at radius 2 is 2.05 bits per heavy atom. The van der Waals surface area contributed by atoms with E-state index in [1.54, 1.807) is 23.9 Å². The Morgan fingerprint density at radius 1 is 1.35 bits per heavy atom. The Hall–Kier alpha value is -0.950. The Morgan fingerprint density at radius 3 is 2.65 bits per heavy atom. The molecule has 1 rings (SSSR count). The molecule has 1 aromatic rings. The van der Waals surface area contributed by atoms with Gasteiger partial charge in [-0.2, -0.15) is 0 Å². The number of thioether (sulfide) groups is 1. The molecule has 112 valence electrons. The van der Waals surface area contributed by atoms with Crippen molar-refractivity contribution in [3.05, 3.63) is 23.2 Å². The first kappa shape index (κ1) is 19.1. The van der Waals surface area contributed by atoms with Gasteiger partial charge in [0.25, 0.3) is 0 Å². The van der Waals surface area contributed by atoms with E-state index < -0.39 is 0 Å². The number of hydrogen-bond donors (Lipinski definition) is 3. The molecule has 1 aromatic carbocycles. The molecule has 8 heteroatoms. The van der Waals surface area contributed by atoms with Gasteiger partial charge >= 0.3 is 0 Å². The summed E-state index contributed by atoms with van der Waals surface area (Å²) in [7, 11) is 0. The van der Waals surface area contributed by atoms with Gasteiger partial charge in [-0.1, -0.05) is 18.5 Å². The van der Waals surface area contributed by atoms with E-state index in [-0.39, 0.29) is 37.3 Å². The zero-order chi connectivity index (χ0) is 14.3. The number of carbonyl (C=O) groups excluding carboxylic acids is 2. The summed E-state index contributed by atoms with van der Waals surface area (Å²) >= 11 is 7.50. The molecule has 0 heterocycles. The van der Waals surface area contributed by atoms with E-state index in [2.05, 4.69) is 10.6 Å². The van der Waals surface area contributed by atoms with Gasteiger partial charge < -0.3 is 16.4 Å². The molecule has 2 amide bonds. The maximum Gasteiger partial charge on any atom is 0.243 e. The van der Waals surface area contributed by atoms with Crippen LogP contribution in [0.3, 0.4) is 0 Å². The topological polar surface area (TPSA) is 84.2 Å². The molecule has 0 aliphatic carbocycles. The van der Waals surface area contributed by atoms with Crippen LogP contribution in [-0.4, -0.2) is 30.7 Å². The zero-order valence-corrected chi connectivity index (χ0v) is 13.3. The van der Waals surface area contributed by atoms with E-state index >= 15 is 0 Å². The number of carbonyl (C=O) groups is 2. The molecule has 5 nitrogen and oxygen atoms in total. The van der Waals surface area contributed by atoms with Crippen LogP contribution in [0.1, 0.15) is 6.92 Å². The van der Waals surface area contributed by atoms with E-state index in [1.165, 1.54) is 0 Å². The van der Waals surface area contributed by atoms with Crippen molar-refractivity contribution in [2.75, 3.05) is 24.2 Å². The molecule has 20 heavy (non-hydrogen) atoms. The van der Waals surface area contributed by atoms with Crippen molar-refractivity contribution < 1.29 is 9.59 Å². The van der Waals surface area contributed by atoms with Crippen LogP contribution in [0.25, 0.3) is 0 Å². The van der Waals surface area contributed by atoms with Gasteiger partial charge in [0.2, 0.25) is 11.8 Å². The SMILES string of the molecule is CCSc1ccc(Cl)cc1NC(=O)CNC(=O)CN.Cl. The van der Waals surface area contributed by atoms with Crippen LogP contribution < -0.4 is 16.4 Å². The number of nitrogens with two attached hydrogens (primary N) is 1. The van der Waals surface area contributed by atoms with Gasteiger partial charge in [-0.15, -0.1) is 24.2 Å². The number of rotatable bonds is 6. The van der Waals surface area contributed by atoms with Crippen LogP contribution >= 0.6 is 35.8 Å². The smallest absolute Gasteiger partial charge is 0.243 e. The molecule has 0 aliphatic heterocycles. The number of benzene rings is 1. The molecule has 0 radical (unpaired) electrons. The van der Waals surface area contributed by atoms with Crippen molar-refractivity contribution in [2.45, 2.75) is 11.8 Å². The Kier molecular flexibility index (Phi) is 9.41. The molecular weight excluding hydrogens is 321 g/mol. The Balaban J connectivity index is 0.00000361. The standard InChI is InChI=1S/C12H16ClN3O2S.ClH/c1-2-19-10-4-3-8(13)5-9(10)16-12(18)7-15-11(17)6-14;/h3-5H,2,6-7,14H2,1H3,(H,15,17)(H,16,18);1H. The maximum atomic E-state index is 11.7. The van der Waals surface area contributed by atoms with E-state index in [0.717, 1.165) is 10.6 Å². The quantitative estimate of drug-likeness (QED) is 0.692. The lowest BCUT2D eigenvalue weighted by Gasteiger charge is -2.11. The van der Waals surface area contributed by atoms with Crippen molar-refractivity contribution in [1.82, 2.24) is 5.32 Å². The minimum absolute atomic E-state index is 0. The third-order valence-electron chi connectivity index (χ3n) is 2.15. The van der Waals surface area contributed by atoms with Gasteiger partial charge in [0.1, 0.15) is 0 Å². The van der Waals surface area contributed by atoms with Gasteiger partial charge in [0, 0.05) is 9.92 Å². The normalized spacial score (nSPS) is 9.55. The number of anilines is 1. The van der Waals surface area contributed by atoms with E-state index in [0.29, 0.717) is 10.7 Å². The van der Waals surface area contributed by atoms with Gasteiger partial charge in [0.05, 0.1) is 18.8 Å². The number of hydrogen-bond acceptors (Lipinski definition) is 4. The molecule has 0 bridgehead atoms. The molecule has 0 saturated carbocycles. The molecule has 0 aliphatic rings. The maximum absolute atomic E-state index is 11.7. The molecule has 0 fully saturated rings. The molecule has 0 saturated heterocycles. The first-order valence-electron chi connectivity index (χ1n) is 5.75. The Labute approximate surface area is 133 Å². The fourth-order valence-electron chi connectivity index (χ4n) is 1.33. The summed E-state index contributed by atoms with van der Waals surface area (Å²) in [6.07, 6.45) is 0. The van der Waals surface area contributed by atoms with Crippen LogP contribution in [0.4, 0.5) is 5.69 Å². The third-order valence-corrected chi connectivity index (χ3v) is 3.34. The molecule has 4 N–H and O–H groups in total. The first-order valence-corrected chi connectivity index (χ1v) is 7.12. The Bertz CT molecular complexity index is 472. The predicted molar refractivity (Wildman–Crippen MR) is 85.8 cm³/mol. The van der Waals surface area contributed by atoms with Crippen LogP contribution in [0.5, 0.6) is 0 Å². The van der Waals surface area contributed by atoms with Crippen LogP contribution in [-0.2, 0) is 9.59 Å². The lowest BCUT2D eigenvalue weighted by Crippen LogP contribution is -2.36. The third kappa shape index (κ3) is 6.47. The summed E-state index contributed by atoms with van der Waals surface area (Å²) in [5, 5.41) is 5.66. The van der Waals surface area contributed by atoms with Crippen molar-refractivity contribution in [1.29, 1.82) is 0 Å².